The smallest absolute Gasteiger partial charge is 0.411 e. The van der Waals surface area contributed by atoms with Crippen molar-refractivity contribution in [2.45, 2.75) is 13.3 Å². The Morgan fingerprint density at radius 2 is 2.21 bits per heavy atom. The van der Waals surface area contributed by atoms with E-state index in [0.717, 1.165) is 29.5 Å². The van der Waals surface area contributed by atoms with Gasteiger partial charge in [0, 0.05) is 17.5 Å². The lowest BCUT2D eigenvalue weighted by Gasteiger charge is -2.14. The minimum atomic E-state index is -0.526. The summed E-state index contributed by atoms with van der Waals surface area (Å²) < 4.78 is 4.85. The van der Waals surface area contributed by atoms with E-state index in [1.165, 1.54) is 5.56 Å². The van der Waals surface area contributed by atoms with Gasteiger partial charge in [0.05, 0.1) is 13.2 Å². The standard InChI is InChI=1S/C16H17ClN4O2.ClH/c1-2-23-16(22)19-12-4-6-14(20-15(12)18)21-8-7-10-9-11(17)3-5-13(10)21;/h3-6,9H,2,7-8H2,1H3,(H2,18,20)(H,19,22);1H. The van der Waals surface area contributed by atoms with Crippen LogP contribution in [0.4, 0.5) is 27.8 Å². The zero-order valence-electron chi connectivity index (χ0n) is 13.1. The Hall–Kier alpha value is -2.18. The number of anilines is 4. The zero-order chi connectivity index (χ0) is 16.4. The van der Waals surface area contributed by atoms with Gasteiger partial charge in [-0.15, -0.1) is 0 Å². The summed E-state index contributed by atoms with van der Waals surface area (Å²) in [5, 5.41) is 3.34. The van der Waals surface area contributed by atoms with E-state index in [1.807, 2.05) is 24.3 Å². The number of nitrogen functional groups attached to an aromatic ring is 1. The summed E-state index contributed by atoms with van der Waals surface area (Å²) in [5.41, 5.74) is 8.81. The van der Waals surface area contributed by atoms with Gasteiger partial charge in [-0.05, 0) is 36.8 Å². The number of carbonyl (C=O) groups excluding carboxylic acids is 1. The van der Waals surface area contributed by atoms with Crippen molar-refractivity contribution in [3.8, 4) is 0 Å². The van der Waals surface area contributed by atoms with Crippen LogP contribution in [0.2, 0.25) is 5.02 Å². The molecule has 0 saturated heterocycles. The number of nitrogens with zero attached hydrogens (tertiary/aromatic N) is 1. The molecule has 0 fully saturated rings. The molecule has 1 aromatic carbocycles. The molecule has 1 aromatic heterocycles. The van der Waals surface area contributed by atoms with E-state index in [2.05, 4.69) is 15.2 Å². The molecule has 24 heavy (non-hydrogen) atoms. The monoisotopic (exact) mass is 368 g/mol. The van der Waals surface area contributed by atoms with Crippen LogP contribution in [0, 0.1) is 0 Å². The predicted molar refractivity (Wildman–Crippen MR) is 90.2 cm³/mol. The molecular weight excluding hydrogens is 351 g/mol. The molecular formula is C16H18Cl2N4O2. The second kappa shape index (κ2) is 7.59. The summed E-state index contributed by atoms with van der Waals surface area (Å²) >= 11 is 6.04. The molecule has 0 atom stereocenters. The molecule has 8 heteroatoms. The molecule has 0 radical (unpaired) electrons. The number of hydrogen-bond acceptors (Lipinski definition) is 4. The maximum atomic E-state index is 11.5. The van der Waals surface area contributed by atoms with Gasteiger partial charge in [0.1, 0.15) is 11.4 Å². The van der Waals surface area contributed by atoms with Crippen LogP contribution >= 0.6 is 11.6 Å². The molecule has 128 valence electrons. The minimum Gasteiger partial charge on any atom is -1.00 e. The predicted octanol–water partition coefficient (Wildman–Crippen LogP) is 0.00290. The summed E-state index contributed by atoms with van der Waals surface area (Å²) in [6.45, 7) is 2.90. The fraction of sp³-hybridized carbons (Fsp3) is 0.250. The number of halogens is 2. The number of nitrogens with one attached hydrogen (secondary N) is 2. The molecule has 4 N–H and O–H groups in total. The Bertz CT molecular complexity index is 755. The Morgan fingerprint density at radius 1 is 1.42 bits per heavy atom. The van der Waals surface area contributed by atoms with Gasteiger partial charge in [0.15, 0.2) is 0 Å². The highest BCUT2D eigenvalue weighted by atomic mass is 35.5. The third-order valence-corrected chi connectivity index (χ3v) is 3.94. The summed E-state index contributed by atoms with van der Waals surface area (Å²) in [6.07, 6.45) is 0.397. The van der Waals surface area contributed by atoms with Crippen LogP contribution in [0.15, 0.2) is 30.3 Å². The summed E-state index contributed by atoms with van der Waals surface area (Å²) in [7, 11) is 0. The number of benzene rings is 1. The molecule has 0 aliphatic carbocycles. The quantitative estimate of drug-likeness (QED) is 0.798. The Kier molecular flexibility index (Phi) is 5.75. The van der Waals surface area contributed by atoms with Crippen LogP contribution in [-0.2, 0) is 11.2 Å². The number of amides is 1. The number of aromatic amines is 1. The van der Waals surface area contributed by atoms with Gasteiger partial charge >= 0.3 is 6.09 Å². The molecule has 2 aromatic rings. The maximum Gasteiger partial charge on any atom is 0.411 e. The van der Waals surface area contributed by atoms with E-state index in [4.69, 9.17) is 22.1 Å². The topological polar surface area (TPSA) is 81.7 Å². The molecule has 0 unspecified atom stereocenters. The fourth-order valence-corrected chi connectivity index (χ4v) is 2.86. The number of ether oxygens (including phenoxy) is 1. The van der Waals surface area contributed by atoms with E-state index in [9.17, 15) is 4.79 Å². The largest absolute Gasteiger partial charge is 1.00 e. The van der Waals surface area contributed by atoms with E-state index >= 15 is 0 Å². The number of fused-ring (bicyclic) bond motifs is 1. The van der Waals surface area contributed by atoms with E-state index in [-0.39, 0.29) is 12.4 Å². The van der Waals surface area contributed by atoms with Gasteiger partial charge < -0.3 is 22.9 Å². The molecule has 6 nitrogen and oxygen atoms in total. The van der Waals surface area contributed by atoms with E-state index in [1.54, 1.807) is 13.0 Å². The summed E-state index contributed by atoms with van der Waals surface area (Å²) in [6, 6.07) is 9.49. The van der Waals surface area contributed by atoms with Gasteiger partial charge in [-0.1, -0.05) is 11.6 Å². The van der Waals surface area contributed by atoms with Gasteiger partial charge in [0.2, 0.25) is 11.6 Å². The number of aromatic nitrogens is 1. The van der Waals surface area contributed by atoms with E-state index in [0.29, 0.717) is 18.1 Å². The first-order chi connectivity index (χ1) is 11.1. The van der Waals surface area contributed by atoms with Crippen molar-refractivity contribution in [2.75, 3.05) is 29.1 Å². The number of nitrogens with two attached hydrogens (primary N) is 1. The second-order valence-electron chi connectivity index (χ2n) is 5.19. The van der Waals surface area contributed by atoms with E-state index < -0.39 is 6.09 Å². The highest BCUT2D eigenvalue weighted by Gasteiger charge is 2.26. The highest BCUT2D eigenvalue weighted by molar-refractivity contribution is 6.30. The average Bonchev–Trinajstić information content (AvgIpc) is 2.92. The Morgan fingerprint density at radius 3 is 2.92 bits per heavy atom. The molecule has 1 aliphatic rings. The second-order valence-corrected chi connectivity index (χ2v) is 5.63. The van der Waals surface area contributed by atoms with Gasteiger partial charge in [-0.3, -0.25) is 10.2 Å². The Labute approximate surface area is 151 Å². The number of pyridine rings is 1. The fourth-order valence-electron chi connectivity index (χ4n) is 2.66. The summed E-state index contributed by atoms with van der Waals surface area (Å²) in [4.78, 5) is 16.7. The molecule has 1 aliphatic heterocycles. The first kappa shape index (κ1) is 18.2. The molecule has 1 amide bonds. The van der Waals surface area contributed by atoms with Crippen LogP contribution in [-0.4, -0.2) is 19.2 Å². The van der Waals surface area contributed by atoms with Crippen molar-refractivity contribution in [3.05, 3.63) is 40.9 Å². The van der Waals surface area contributed by atoms with Crippen molar-refractivity contribution in [2.24, 2.45) is 0 Å². The normalized spacial score (nSPS) is 12.3. The van der Waals surface area contributed by atoms with Gasteiger partial charge in [0.25, 0.3) is 0 Å². The SMILES string of the molecule is CCOC(=O)Nc1ccc(N2CCc3cc(Cl)ccc32)[nH+]c1N.[Cl-]. The van der Waals surface area contributed by atoms with Crippen molar-refractivity contribution in [1.82, 2.24) is 0 Å². The number of hydrogen-bond donors (Lipinski definition) is 2. The highest BCUT2D eigenvalue weighted by Crippen LogP contribution is 2.34. The van der Waals surface area contributed by atoms with Crippen molar-refractivity contribution >= 4 is 40.7 Å². The van der Waals surface area contributed by atoms with Crippen LogP contribution in [0.25, 0.3) is 0 Å². The van der Waals surface area contributed by atoms with Crippen molar-refractivity contribution in [3.63, 3.8) is 0 Å². The molecule has 3 rings (SSSR count). The third-order valence-electron chi connectivity index (χ3n) is 3.70. The zero-order valence-corrected chi connectivity index (χ0v) is 14.6. The molecule has 0 spiro atoms. The number of carbonyl (C=O) groups is 1. The van der Waals surface area contributed by atoms with Crippen LogP contribution in [0.3, 0.4) is 0 Å². The van der Waals surface area contributed by atoms with Crippen LogP contribution in [0.5, 0.6) is 0 Å². The maximum absolute atomic E-state index is 11.5. The summed E-state index contributed by atoms with van der Waals surface area (Å²) in [5.74, 6) is 1.23. The first-order valence-electron chi connectivity index (χ1n) is 7.40. The first-order valence-corrected chi connectivity index (χ1v) is 7.78. The Balaban J connectivity index is 0.00000208. The van der Waals surface area contributed by atoms with Gasteiger partial charge in [-0.2, -0.15) is 0 Å². The van der Waals surface area contributed by atoms with Crippen molar-refractivity contribution < 1.29 is 26.9 Å². The third kappa shape index (κ3) is 3.66. The molecule has 0 saturated carbocycles. The molecule has 0 bridgehead atoms. The van der Waals surface area contributed by atoms with Crippen molar-refractivity contribution in [1.29, 1.82) is 0 Å². The lowest BCUT2D eigenvalue weighted by Crippen LogP contribution is -3.00. The number of H-pyrrole nitrogens is 1. The molecule has 2 heterocycles. The van der Waals surface area contributed by atoms with Gasteiger partial charge in [-0.25, -0.2) is 9.78 Å². The minimum absolute atomic E-state index is 0. The van der Waals surface area contributed by atoms with Crippen LogP contribution in [0.1, 0.15) is 12.5 Å². The average molecular weight is 369 g/mol. The van der Waals surface area contributed by atoms with Crippen LogP contribution < -0.4 is 33.3 Å². The lowest BCUT2D eigenvalue weighted by molar-refractivity contribution is -0.344. The lowest BCUT2D eigenvalue weighted by atomic mass is 10.2. The number of rotatable bonds is 3.